The van der Waals surface area contributed by atoms with Crippen LogP contribution in [0.15, 0.2) is 30.3 Å². The van der Waals surface area contributed by atoms with Crippen LogP contribution in [0.1, 0.15) is 18.4 Å². The van der Waals surface area contributed by atoms with Crippen molar-refractivity contribution in [3.05, 3.63) is 35.9 Å². The summed E-state index contributed by atoms with van der Waals surface area (Å²) >= 11 is 0. The van der Waals surface area contributed by atoms with E-state index in [1.807, 2.05) is 6.07 Å². The molecule has 2 saturated heterocycles. The summed E-state index contributed by atoms with van der Waals surface area (Å²) in [5.74, 6) is 0. The molecule has 0 unspecified atom stereocenters. The fourth-order valence-corrected chi connectivity index (χ4v) is 3.39. The quantitative estimate of drug-likeness (QED) is 0.895. The number of hydrogen-bond acceptors (Lipinski definition) is 3. The fraction of sp³-hybridized carbons (Fsp3) is 0.625. The van der Waals surface area contributed by atoms with Crippen LogP contribution in [-0.4, -0.2) is 49.0 Å². The first-order chi connectivity index (χ1) is 9.31. The van der Waals surface area contributed by atoms with E-state index in [4.69, 9.17) is 4.74 Å². The van der Waals surface area contributed by atoms with Gasteiger partial charge in [0.25, 0.3) is 0 Å². The third kappa shape index (κ3) is 2.83. The van der Waals surface area contributed by atoms with Crippen molar-refractivity contribution >= 4 is 0 Å². The minimum absolute atomic E-state index is 0.251. The van der Waals surface area contributed by atoms with Crippen molar-refractivity contribution < 1.29 is 9.84 Å². The van der Waals surface area contributed by atoms with Crippen molar-refractivity contribution in [2.75, 3.05) is 32.9 Å². The first-order valence-electron chi connectivity index (χ1n) is 7.28. The molecule has 0 saturated carbocycles. The lowest BCUT2D eigenvalue weighted by atomic mass is 9.72. The standard InChI is InChI=1S/C16H23NO2/c18-11-15(10-14-4-2-1-3-5-14)17-12-16(13-17)6-8-19-9-7-16/h1-5,15,18H,6-13H2/t15-/m1/s1. The van der Waals surface area contributed by atoms with E-state index in [2.05, 4.69) is 29.2 Å². The molecule has 0 radical (unpaired) electrons. The highest BCUT2D eigenvalue weighted by Gasteiger charge is 2.45. The zero-order chi connectivity index (χ0) is 13.1. The summed E-state index contributed by atoms with van der Waals surface area (Å²) in [7, 11) is 0. The lowest BCUT2D eigenvalue weighted by molar-refractivity contribution is -0.103. The molecule has 1 aromatic rings. The Bertz CT molecular complexity index is 392. The number of likely N-dealkylation sites (tertiary alicyclic amines) is 1. The van der Waals surface area contributed by atoms with Crippen LogP contribution < -0.4 is 0 Å². The monoisotopic (exact) mass is 261 g/mol. The van der Waals surface area contributed by atoms with Gasteiger partial charge in [-0.25, -0.2) is 0 Å². The molecule has 1 N–H and O–H groups in total. The highest BCUT2D eigenvalue weighted by molar-refractivity contribution is 5.16. The summed E-state index contributed by atoms with van der Waals surface area (Å²) < 4.78 is 5.45. The topological polar surface area (TPSA) is 32.7 Å². The lowest BCUT2D eigenvalue weighted by Gasteiger charge is -2.54. The third-order valence-corrected chi connectivity index (χ3v) is 4.67. The second-order valence-electron chi connectivity index (χ2n) is 6.04. The van der Waals surface area contributed by atoms with E-state index in [1.165, 1.54) is 18.4 Å². The minimum Gasteiger partial charge on any atom is -0.395 e. The van der Waals surface area contributed by atoms with Crippen LogP contribution in [-0.2, 0) is 11.2 Å². The predicted molar refractivity (Wildman–Crippen MR) is 75.1 cm³/mol. The average Bonchev–Trinajstić information content (AvgIpc) is 2.44. The van der Waals surface area contributed by atoms with Gasteiger partial charge in [-0.05, 0) is 24.8 Å². The average molecular weight is 261 g/mol. The first-order valence-corrected chi connectivity index (χ1v) is 7.28. The molecule has 104 valence electrons. The Morgan fingerprint density at radius 2 is 1.84 bits per heavy atom. The van der Waals surface area contributed by atoms with Crippen LogP contribution in [0.25, 0.3) is 0 Å². The van der Waals surface area contributed by atoms with E-state index < -0.39 is 0 Å². The second kappa shape index (κ2) is 5.61. The smallest absolute Gasteiger partial charge is 0.0590 e. The maximum absolute atomic E-state index is 9.64. The van der Waals surface area contributed by atoms with Gasteiger partial charge in [-0.1, -0.05) is 30.3 Å². The maximum Gasteiger partial charge on any atom is 0.0590 e. The number of hydrogen-bond donors (Lipinski definition) is 1. The van der Waals surface area contributed by atoms with Crippen LogP contribution in [0, 0.1) is 5.41 Å². The normalized spacial score (nSPS) is 24.1. The van der Waals surface area contributed by atoms with E-state index in [1.54, 1.807) is 0 Å². The summed E-state index contributed by atoms with van der Waals surface area (Å²) in [5, 5.41) is 9.64. The molecule has 0 amide bonds. The highest BCUT2D eigenvalue weighted by atomic mass is 16.5. The SMILES string of the molecule is OC[C@@H](Cc1ccccc1)N1CC2(CCOCC2)C1. The molecular weight excluding hydrogens is 238 g/mol. The van der Waals surface area contributed by atoms with Gasteiger partial charge in [-0.15, -0.1) is 0 Å². The van der Waals surface area contributed by atoms with Crippen molar-refractivity contribution in [2.45, 2.75) is 25.3 Å². The zero-order valence-corrected chi connectivity index (χ0v) is 11.4. The third-order valence-electron chi connectivity index (χ3n) is 4.67. The molecule has 2 fully saturated rings. The van der Waals surface area contributed by atoms with Gasteiger partial charge in [0.05, 0.1) is 6.61 Å². The van der Waals surface area contributed by atoms with Crippen LogP contribution in [0.4, 0.5) is 0 Å². The molecule has 0 aromatic heterocycles. The van der Waals surface area contributed by atoms with Gasteiger partial charge in [-0.2, -0.15) is 0 Å². The van der Waals surface area contributed by atoms with Crippen molar-refractivity contribution in [3.8, 4) is 0 Å². The van der Waals surface area contributed by atoms with E-state index >= 15 is 0 Å². The van der Waals surface area contributed by atoms with Gasteiger partial charge in [0.15, 0.2) is 0 Å². The molecule has 1 spiro atoms. The molecule has 19 heavy (non-hydrogen) atoms. The Kier molecular flexibility index (Phi) is 3.87. The molecule has 2 aliphatic heterocycles. The molecule has 0 aliphatic carbocycles. The maximum atomic E-state index is 9.64. The zero-order valence-electron chi connectivity index (χ0n) is 11.4. The van der Waals surface area contributed by atoms with Crippen molar-refractivity contribution in [1.29, 1.82) is 0 Å². The Labute approximate surface area is 115 Å². The largest absolute Gasteiger partial charge is 0.395 e. The van der Waals surface area contributed by atoms with Crippen molar-refractivity contribution in [3.63, 3.8) is 0 Å². The lowest BCUT2D eigenvalue weighted by Crippen LogP contribution is -2.62. The molecule has 3 rings (SSSR count). The molecule has 3 heteroatoms. The molecule has 3 nitrogen and oxygen atoms in total. The number of aliphatic hydroxyl groups excluding tert-OH is 1. The summed E-state index contributed by atoms with van der Waals surface area (Å²) in [6, 6.07) is 10.7. The molecule has 2 heterocycles. The van der Waals surface area contributed by atoms with Gasteiger partial charge >= 0.3 is 0 Å². The van der Waals surface area contributed by atoms with Gasteiger partial charge in [0.1, 0.15) is 0 Å². The number of benzene rings is 1. The van der Waals surface area contributed by atoms with Crippen LogP contribution in [0.2, 0.25) is 0 Å². The molecular formula is C16H23NO2. The Hall–Kier alpha value is -0.900. The molecule has 1 atom stereocenters. The Balaban J connectivity index is 1.56. The van der Waals surface area contributed by atoms with Gasteiger partial charge in [0, 0.05) is 37.8 Å². The summed E-state index contributed by atoms with van der Waals surface area (Å²) in [6.07, 6.45) is 3.32. The Morgan fingerprint density at radius 1 is 1.16 bits per heavy atom. The number of rotatable bonds is 4. The van der Waals surface area contributed by atoms with Crippen LogP contribution in [0.5, 0.6) is 0 Å². The molecule has 0 bridgehead atoms. The number of ether oxygens (including phenoxy) is 1. The van der Waals surface area contributed by atoms with Crippen molar-refractivity contribution in [1.82, 2.24) is 4.90 Å². The van der Waals surface area contributed by atoms with Gasteiger partial charge in [0.2, 0.25) is 0 Å². The Morgan fingerprint density at radius 3 is 2.47 bits per heavy atom. The van der Waals surface area contributed by atoms with Gasteiger partial charge in [-0.3, -0.25) is 4.90 Å². The van der Waals surface area contributed by atoms with Crippen LogP contribution >= 0.6 is 0 Å². The van der Waals surface area contributed by atoms with Gasteiger partial charge < -0.3 is 9.84 Å². The van der Waals surface area contributed by atoms with Crippen molar-refractivity contribution in [2.24, 2.45) is 5.41 Å². The fourth-order valence-electron chi connectivity index (χ4n) is 3.39. The summed E-state index contributed by atoms with van der Waals surface area (Å²) in [6.45, 7) is 4.34. The van der Waals surface area contributed by atoms with E-state index in [9.17, 15) is 5.11 Å². The predicted octanol–water partition coefficient (Wildman–Crippen LogP) is 1.70. The van der Waals surface area contributed by atoms with E-state index in [0.717, 1.165) is 32.7 Å². The minimum atomic E-state index is 0.251. The summed E-state index contributed by atoms with van der Waals surface area (Å²) in [5.41, 5.74) is 1.80. The molecule has 2 aliphatic rings. The van der Waals surface area contributed by atoms with E-state index in [-0.39, 0.29) is 12.6 Å². The van der Waals surface area contributed by atoms with E-state index in [0.29, 0.717) is 5.41 Å². The van der Waals surface area contributed by atoms with Crippen LogP contribution in [0.3, 0.4) is 0 Å². The highest BCUT2D eigenvalue weighted by Crippen LogP contribution is 2.40. The summed E-state index contributed by atoms with van der Waals surface area (Å²) in [4.78, 5) is 2.44. The molecule has 1 aromatic carbocycles. The number of nitrogens with zero attached hydrogens (tertiary/aromatic N) is 1. The second-order valence-corrected chi connectivity index (χ2v) is 6.04. The number of aliphatic hydroxyl groups is 1. The first kappa shape index (κ1) is 13.1.